The van der Waals surface area contributed by atoms with Crippen molar-refractivity contribution >= 4 is 12.0 Å². The third-order valence-corrected chi connectivity index (χ3v) is 5.06. The molecule has 1 fully saturated rings. The Morgan fingerprint density at radius 3 is 2.43 bits per heavy atom. The van der Waals surface area contributed by atoms with Crippen molar-refractivity contribution in [1.29, 1.82) is 0 Å². The fourth-order valence-electron chi connectivity index (χ4n) is 3.48. The van der Waals surface area contributed by atoms with E-state index in [1.165, 1.54) is 12.1 Å². The minimum Gasteiger partial charge on any atom is -0.489 e. The fourth-order valence-corrected chi connectivity index (χ4v) is 3.48. The average Bonchev–Trinajstić information content (AvgIpc) is 2.63. The number of halogens is 3. The van der Waals surface area contributed by atoms with Crippen LogP contribution in [0.5, 0.6) is 5.75 Å². The van der Waals surface area contributed by atoms with Gasteiger partial charge in [0.2, 0.25) is 0 Å². The Morgan fingerprint density at radius 2 is 1.79 bits per heavy atom. The lowest BCUT2D eigenvalue weighted by molar-refractivity contribution is -0.147. The molecule has 2 aromatic carbocycles. The highest BCUT2D eigenvalue weighted by Crippen LogP contribution is 2.34. The smallest absolute Gasteiger partial charge is 0.416 e. The summed E-state index contributed by atoms with van der Waals surface area (Å²) < 4.78 is 43.9. The van der Waals surface area contributed by atoms with Gasteiger partial charge in [0, 0.05) is 25.2 Å². The number of alkyl halides is 3. The number of ether oxygens (including phenoxy) is 1. The van der Waals surface area contributed by atoms with Gasteiger partial charge in [-0.15, -0.1) is 0 Å². The van der Waals surface area contributed by atoms with Crippen molar-refractivity contribution < 1.29 is 27.8 Å². The van der Waals surface area contributed by atoms with Crippen LogP contribution in [0.2, 0.25) is 0 Å². The Morgan fingerprint density at radius 1 is 1.11 bits per heavy atom. The van der Waals surface area contributed by atoms with Gasteiger partial charge in [0.15, 0.2) is 0 Å². The summed E-state index contributed by atoms with van der Waals surface area (Å²) in [5.74, 6) is -0.358. The number of carbonyl (C=O) groups is 1. The number of rotatable bonds is 4. The number of nitrogens with zero attached hydrogens (tertiary/aromatic N) is 1. The van der Waals surface area contributed by atoms with Gasteiger partial charge in [-0.25, -0.2) is 0 Å². The quantitative estimate of drug-likeness (QED) is 0.853. The predicted octanol–water partition coefficient (Wildman–Crippen LogP) is 4.16. The maximum absolute atomic E-state index is 12.7. The SMILES string of the molecule is O=C(O)C1CN(CC2=Cc3ccc(-c4ccc(C(F)(F)F)cc4)cc3OC2)C1. The third-order valence-electron chi connectivity index (χ3n) is 5.06. The Kier molecular flexibility index (Phi) is 4.63. The summed E-state index contributed by atoms with van der Waals surface area (Å²) in [5, 5.41) is 8.94. The normalized spacial score (nSPS) is 17.3. The molecule has 4 nitrogen and oxygen atoms in total. The zero-order chi connectivity index (χ0) is 19.9. The third kappa shape index (κ3) is 3.75. The van der Waals surface area contributed by atoms with Gasteiger partial charge in [-0.1, -0.05) is 24.3 Å². The van der Waals surface area contributed by atoms with Crippen LogP contribution < -0.4 is 4.74 Å². The van der Waals surface area contributed by atoms with Crippen LogP contribution in [0.25, 0.3) is 17.2 Å². The van der Waals surface area contributed by atoms with Gasteiger partial charge in [0.05, 0.1) is 11.5 Å². The Bertz CT molecular complexity index is 929. The summed E-state index contributed by atoms with van der Waals surface area (Å²) in [4.78, 5) is 12.9. The molecular formula is C21H18F3NO3. The van der Waals surface area contributed by atoms with Crippen LogP contribution in [0, 0.1) is 5.92 Å². The van der Waals surface area contributed by atoms with Crippen molar-refractivity contribution in [3.05, 3.63) is 59.2 Å². The molecule has 0 saturated carbocycles. The average molecular weight is 389 g/mol. The lowest BCUT2D eigenvalue weighted by Gasteiger charge is -2.37. The van der Waals surface area contributed by atoms with Crippen molar-refractivity contribution in [3.63, 3.8) is 0 Å². The largest absolute Gasteiger partial charge is 0.489 e. The van der Waals surface area contributed by atoms with E-state index in [0.29, 0.717) is 37.6 Å². The van der Waals surface area contributed by atoms with E-state index < -0.39 is 17.7 Å². The van der Waals surface area contributed by atoms with Crippen LogP contribution in [-0.2, 0) is 11.0 Å². The Balaban J connectivity index is 1.47. The topological polar surface area (TPSA) is 49.8 Å². The summed E-state index contributed by atoms with van der Waals surface area (Å²) in [6.07, 6.45) is -2.32. The molecule has 146 valence electrons. The molecule has 2 aliphatic heterocycles. The van der Waals surface area contributed by atoms with E-state index in [4.69, 9.17) is 9.84 Å². The zero-order valence-electron chi connectivity index (χ0n) is 14.9. The molecule has 2 aromatic rings. The molecule has 0 bridgehead atoms. The van der Waals surface area contributed by atoms with Crippen molar-refractivity contribution in [3.8, 4) is 16.9 Å². The summed E-state index contributed by atoms with van der Waals surface area (Å²) in [7, 11) is 0. The second-order valence-electron chi connectivity index (χ2n) is 7.15. The first kappa shape index (κ1) is 18.6. The van der Waals surface area contributed by atoms with Crippen molar-refractivity contribution in [2.45, 2.75) is 6.18 Å². The van der Waals surface area contributed by atoms with Crippen molar-refractivity contribution in [1.82, 2.24) is 4.90 Å². The van der Waals surface area contributed by atoms with Gasteiger partial charge in [-0.2, -0.15) is 13.2 Å². The molecule has 0 unspecified atom stereocenters. The van der Waals surface area contributed by atoms with Crippen molar-refractivity contribution in [2.24, 2.45) is 5.92 Å². The van der Waals surface area contributed by atoms with Crippen LogP contribution in [0.1, 0.15) is 11.1 Å². The number of fused-ring (bicyclic) bond motifs is 1. The molecule has 0 aliphatic carbocycles. The van der Waals surface area contributed by atoms with Gasteiger partial charge in [-0.05, 0) is 41.0 Å². The predicted molar refractivity (Wildman–Crippen MR) is 97.9 cm³/mol. The summed E-state index contributed by atoms with van der Waals surface area (Å²) in [6.45, 7) is 2.18. The lowest BCUT2D eigenvalue weighted by Crippen LogP contribution is -2.51. The van der Waals surface area contributed by atoms with E-state index in [9.17, 15) is 18.0 Å². The maximum atomic E-state index is 12.7. The number of likely N-dealkylation sites (tertiary alicyclic amines) is 1. The molecule has 28 heavy (non-hydrogen) atoms. The van der Waals surface area contributed by atoms with Crippen LogP contribution in [-0.4, -0.2) is 42.2 Å². The molecule has 0 amide bonds. The number of benzene rings is 2. The van der Waals surface area contributed by atoms with E-state index >= 15 is 0 Å². The monoisotopic (exact) mass is 389 g/mol. The zero-order valence-corrected chi connectivity index (χ0v) is 14.9. The molecule has 7 heteroatoms. The van der Waals surface area contributed by atoms with E-state index in [1.54, 1.807) is 0 Å². The molecule has 0 aromatic heterocycles. The molecule has 2 heterocycles. The van der Waals surface area contributed by atoms with Gasteiger partial charge < -0.3 is 9.84 Å². The van der Waals surface area contributed by atoms with Crippen LogP contribution in [0.15, 0.2) is 48.0 Å². The minimum absolute atomic E-state index is 0.288. The first-order valence-corrected chi connectivity index (χ1v) is 8.89. The first-order chi connectivity index (χ1) is 13.3. The molecule has 2 aliphatic rings. The number of hydrogen-bond acceptors (Lipinski definition) is 3. The van der Waals surface area contributed by atoms with E-state index in [-0.39, 0.29) is 5.92 Å². The minimum atomic E-state index is -4.35. The van der Waals surface area contributed by atoms with Crippen LogP contribution in [0.3, 0.4) is 0 Å². The number of aliphatic carboxylic acids is 1. The second kappa shape index (κ2) is 6.98. The molecule has 0 spiro atoms. The molecule has 0 atom stereocenters. The number of carboxylic acid groups (broad SMARTS) is 1. The van der Waals surface area contributed by atoms with E-state index in [2.05, 4.69) is 4.90 Å². The lowest BCUT2D eigenvalue weighted by atomic mass is 9.97. The summed E-state index contributed by atoms with van der Waals surface area (Å²) in [5.41, 5.74) is 2.78. The molecule has 4 rings (SSSR count). The van der Waals surface area contributed by atoms with Gasteiger partial charge in [-0.3, -0.25) is 9.69 Å². The molecule has 1 saturated heterocycles. The Labute approximate surface area is 159 Å². The highest BCUT2D eigenvalue weighted by molar-refractivity contribution is 5.73. The van der Waals surface area contributed by atoms with Gasteiger partial charge in [0.25, 0.3) is 0 Å². The maximum Gasteiger partial charge on any atom is 0.416 e. The van der Waals surface area contributed by atoms with Crippen LogP contribution in [0.4, 0.5) is 13.2 Å². The standard InChI is InChI=1S/C21H18F3NO3/c22-21(23,24)18-5-3-14(4-6-18)15-1-2-16-7-13(12-28-19(16)8-15)9-25-10-17(11-25)20(26)27/h1-8,17H,9-12H2,(H,26,27). The summed E-state index contributed by atoms with van der Waals surface area (Å²) in [6, 6.07) is 10.6. The van der Waals surface area contributed by atoms with Crippen molar-refractivity contribution in [2.75, 3.05) is 26.2 Å². The van der Waals surface area contributed by atoms with Gasteiger partial charge >= 0.3 is 12.1 Å². The highest BCUT2D eigenvalue weighted by Gasteiger charge is 2.33. The highest BCUT2D eigenvalue weighted by atomic mass is 19.4. The number of hydrogen-bond donors (Lipinski definition) is 1. The number of carboxylic acids is 1. The van der Waals surface area contributed by atoms with E-state index in [0.717, 1.165) is 28.8 Å². The fraction of sp³-hybridized carbons (Fsp3) is 0.286. The van der Waals surface area contributed by atoms with Gasteiger partial charge in [0.1, 0.15) is 12.4 Å². The van der Waals surface area contributed by atoms with E-state index in [1.807, 2.05) is 24.3 Å². The summed E-state index contributed by atoms with van der Waals surface area (Å²) >= 11 is 0. The Hall–Kier alpha value is -2.80. The molecule has 1 N–H and O–H groups in total. The molecular weight excluding hydrogens is 371 g/mol. The van der Waals surface area contributed by atoms with Crippen LogP contribution >= 0.6 is 0 Å². The second-order valence-corrected chi connectivity index (χ2v) is 7.15. The molecule has 0 radical (unpaired) electrons. The first-order valence-electron chi connectivity index (χ1n) is 8.89.